The van der Waals surface area contributed by atoms with Gasteiger partial charge in [-0.3, -0.25) is 0 Å². The van der Waals surface area contributed by atoms with Crippen LogP contribution in [0.2, 0.25) is 0 Å². The van der Waals surface area contributed by atoms with Crippen LogP contribution in [0.15, 0.2) is 18.2 Å². The van der Waals surface area contributed by atoms with Gasteiger partial charge in [-0.25, -0.2) is 0 Å². The predicted molar refractivity (Wildman–Crippen MR) is 64.4 cm³/mol. The monoisotopic (exact) mass is 222 g/mol. The van der Waals surface area contributed by atoms with E-state index in [2.05, 4.69) is 11.9 Å². The lowest BCUT2D eigenvalue weighted by molar-refractivity contribution is 0.171. The average Bonchev–Trinajstić information content (AvgIpc) is 2.35. The number of benzene rings is 1. The van der Waals surface area contributed by atoms with Gasteiger partial charge in [0.05, 0.1) is 0 Å². The Balaban J connectivity index is 2.10. The Morgan fingerprint density at radius 2 is 2.00 bits per heavy atom. The van der Waals surface area contributed by atoms with Gasteiger partial charge < -0.3 is 20.1 Å². The third-order valence-electron chi connectivity index (χ3n) is 2.66. The van der Waals surface area contributed by atoms with Crippen molar-refractivity contribution in [3.63, 3.8) is 0 Å². The van der Waals surface area contributed by atoms with E-state index >= 15 is 0 Å². The van der Waals surface area contributed by atoms with Gasteiger partial charge in [0, 0.05) is 25.3 Å². The summed E-state index contributed by atoms with van der Waals surface area (Å²) in [5.74, 6) is 1.67. The minimum Gasteiger partial charge on any atom is -0.486 e. The van der Waals surface area contributed by atoms with E-state index in [1.54, 1.807) is 0 Å². The standard InChI is InChI=1S/C12H18N2O2/c1-14(6-2-5-13)10-3-4-11-12(9-10)16-8-7-15-11/h3-4,9H,2,5-8,13H2,1H3. The van der Waals surface area contributed by atoms with E-state index in [9.17, 15) is 0 Å². The van der Waals surface area contributed by atoms with E-state index < -0.39 is 0 Å². The highest BCUT2D eigenvalue weighted by atomic mass is 16.6. The summed E-state index contributed by atoms with van der Waals surface area (Å²) in [6.07, 6.45) is 0.991. The molecule has 2 N–H and O–H groups in total. The molecule has 1 aromatic carbocycles. The first-order valence-corrected chi connectivity index (χ1v) is 5.62. The van der Waals surface area contributed by atoms with Gasteiger partial charge in [-0.05, 0) is 25.1 Å². The number of anilines is 1. The van der Waals surface area contributed by atoms with Crippen LogP contribution in [0.4, 0.5) is 5.69 Å². The summed E-state index contributed by atoms with van der Waals surface area (Å²) < 4.78 is 11.0. The van der Waals surface area contributed by atoms with Crippen LogP contribution < -0.4 is 20.1 Å². The molecule has 4 heteroatoms. The summed E-state index contributed by atoms with van der Waals surface area (Å²) in [6, 6.07) is 6.03. The topological polar surface area (TPSA) is 47.7 Å². The van der Waals surface area contributed by atoms with Gasteiger partial charge in [-0.2, -0.15) is 0 Å². The average molecular weight is 222 g/mol. The number of rotatable bonds is 4. The molecule has 0 saturated heterocycles. The van der Waals surface area contributed by atoms with Crippen LogP contribution in [0.3, 0.4) is 0 Å². The van der Waals surface area contributed by atoms with E-state index in [4.69, 9.17) is 15.2 Å². The molecule has 0 unspecified atom stereocenters. The zero-order valence-electron chi connectivity index (χ0n) is 9.61. The molecule has 0 bridgehead atoms. The Labute approximate surface area is 95.9 Å². The second-order valence-electron chi connectivity index (χ2n) is 3.89. The third-order valence-corrected chi connectivity index (χ3v) is 2.66. The fraction of sp³-hybridized carbons (Fsp3) is 0.500. The maximum Gasteiger partial charge on any atom is 0.163 e. The van der Waals surface area contributed by atoms with E-state index in [1.165, 1.54) is 0 Å². The minimum atomic E-state index is 0.628. The van der Waals surface area contributed by atoms with Crippen LogP contribution in [0, 0.1) is 0 Å². The molecular weight excluding hydrogens is 204 g/mol. The van der Waals surface area contributed by atoms with Crippen molar-refractivity contribution in [2.24, 2.45) is 5.73 Å². The number of nitrogens with zero attached hydrogens (tertiary/aromatic N) is 1. The lowest BCUT2D eigenvalue weighted by Crippen LogP contribution is -2.21. The fourth-order valence-corrected chi connectivity index (χ4v) is 1.73. The smallest absolute Gasteiger partial charge is 0.163 e. The van der Waals surface area contributed by atoms with Crippen LogP contribution in [-0.2, 0) is 0 Å². The minimum absolute atomic E-state index is 0.628. The Morgan fingerprint density at radius 3 is 2.75 bits per heavy atom. The number of nitrogens with two attached hydrogens (primary N) is 1. The Kier molecular flexibility index (Phi) is 3.51. The summed E-state index contributed by atoms with van der Waals surface area (Å²) in [7, 11) is 2.06. The second-order valence-corrected chi connectivity index (χ2v) is 3.89. The molecule has 1 aromatic rings. The van der Waals surface area contributed by atoms with E-state index in [1.807, 2.05) is 18.2 Å². The number of hydrogen-bond donors (Lipinski definition) is 1. The lowest BCUT2D eigenvalue weighted by Gasteiger charge is -2.23. The molecule has 0 saturated carbocycles. The zero-order valence-corrected chi connectivity index (χ0v) is 9.61. The molecular formula is C12H18N2O2. The lowest BCUT2D eigenvalue weighted by atomic mass is 10.2. The van der Waals surface area contributed by atoms with Crippen LogP contribution in [0.25, 0.3) is 0 Å². The van der Waals surface area contributed by atoms with Gasteiger partial charge in [-0.15, -0.1) is 0 Å². The van der Waals surface area contributed by atoms with Crippen LogP contribution in [-0.4, -0.2) is 33.4 Å². The van der Waals surface area contributed by atoms with Crippen LogP contribution in [0.5, 0.6) is 11.5 Å². The summed E-state index contributed by atoms with van der Waals surface area (Å²) in [5.41, 5.74) is 6.63. The van der Waals surface area contributed by atoms with Gasteiger partial charge in [0.2, 0.25) is 0 Å². The second kappa shape index (κ2) is 5.07. The van der Waals surface area contributed by atoms with Crippen molar-refractivity contribution in [2.75, 3.05) is 38.3 Å². The quantitative estimate of drug-likeness (QED) is 0.832. The van der Waals surface area contributed by atoms with Gasteiger partial charge >= 0.3 is 0 Å². The number of hydrogen-bond acceptors (Lipinski definition) is 4. The van der Waals surface area contributed by atoms with E-state index in [0.29, 0.717) is 13.2 Å². The van der Waals surface area contributed by atoms with E-state index in [0.717, 1.165) is 36.7 Å². The molecule has 0 fully saturated rings. The summed E-state index contributed by atoms with van der Waals surface area (Å²) in [5, 5.41) is 0. The SMILES string of the molecule is CN(CCCN)c1ccc2c(c1)OCCO2. The molecule has 0 radical (unpaired) electrons. The number of ether oxygens (including phenoxy) is 2. The highest BCUT2D eigenvalue weighted by molar-refractivity contribution is 5.56. The molecule has 0 atom stereocenters. The first-order valence-electron chi connectivity index (χ1n) is 5.62. The zero-order chi connectivity index (χ0) is 11.4. The van der Waals surface area contributed by atoms with Gasteiger partial charge in [-0.1, -0.05) is 0 Å². The molecule has 1 aliphatic rings. The summed E-state index contributed by atoms with van der Waals surface area (Å²) >= 11 is 0. The summed E-state index contributed by atoms with van der Waals surface area (Å²) in [4.78, 5) is 2.17. The third kappa shape index (κ3) is 2.39. The molecule has 2 rings (SSSR count). The first-order chi connectivity index (χ1) is 7.81. The Bertz CT molecular complexity index is 355. The predicted octanol–water partition coefficient (Wildman–Crippen LogP) is 1.24. The normalized spacial score (nSPS) is 13.6. The van der Waals surface area contributed by atoms with Crippen LogP contribution in [0.1, 0.15) is 6.42 Å². The maximum atomic E-state index is 5.54. The van der Waals surface area contributed by atoms with Crippen molar-refractivity contribution in [1.29, 1.82) is 0 Å². The van der Waals surface area contributed by atoms with Gasteiger partial charge in [0.1, 0.15) is 13.2 Å². The largest absolute Gasteiger partial charge is 0.486 e. The van der Waals surface area contributed by atoms with Gasteiger partial charge in [0.25, 0.3) is 0 Å². The molecule has 0 aliphatic carbocycles. The van der Waals surface area contributed by atoms with Crippen molar-refractivity contribution < 1.29 is 9.47 Å². The fourth-order valence-electron chi connectivity index (χ4n) is 1.73. The molecule has 16 heavy (non-hydrogen) atoms. The van der Waals surface area contributed by atoms with Crippen molar-refractivity contribution in [3.05, 3.63) is 18.2 Å². The summed E-state index contributed by atoms with van der Waals surface area (Å²) in [6.45, 7) is 2.93. The highest BCUT2D eigenvalue weighted by Crippen LogP contribution is 2.33. The molecule has 0 spiro atoms. The Hall–Kier alpha value is -1.42. The van der Waals surface area contributed by atoms with Crippen molar-refractivity contribution in [1.82, 2.24) is 0 Å². The molecule has 4 nitrogen and oxygen atoms in total. The molecule has 1 aliphatic heterocycles. The van der Waals surface area contributed by atoms with Crippen molar-refractivity contribution >= 4 is 5.69 Å². The molecule has 88 valence electrons. The molecule has 0 aromatic heterocycles. The Morgan fingerprint density at radius 1 is 1.25 bits per heavy atom. The highest BCUT2D eigenvalue weighted by Gasteiger charge is 2.12. The van der Waals surface area contributed by atoms with E-state index in [-0.39, 0.29) is 0 Å². The van der Waals surface area contributed by atoms with Crippen molar-refractivity contribution in [3.8, 4) is 11.5 Å². The van der Waals surface area contributed by atoms with Crippen LogP contribution >= 0.6 is 0 Å². The van der Waals surface area contributed by atoms with Gasteiger partial charge in [0.15, 0.2) is 11.5 Å². The van der Waals surface area contributed by atoms with Crippen molar-refractivity contribution in [2.45, 2.75) is 6.42 Å². The number of fused-ring (bicyclic) bond motifs is 1. The molecule has 1 heterocycles. The first kappa shape index (κ1) is 11.1. The maximum absolute atomic E-state index is 5.54. The molecule has 0 amide bonds.